The lowest BCUT2D eigenvalue weighted by atomic mass is 9.63. The lowest BCUT2D eigenvalue weighted by Crippen LogP contribution is -2.34. The van der Waals surface area contributed by atoms with E-state index >= 15 is 0 Å². The number of fused-ring (bicyclic) bond motifs is 1. The molecule has 0 unspecified atom stereocenters. The Kier molecular flexibility index (Phi) is 5.29. The van der Waals surface area contributed by atoms with Crippen LogP contribution in [0.5, 0.6) is 5.75 Å². The molecule has 31 heavy (non-hydrogen) atoms. The van der Waals surface area contributed by atoms with E-state index in [2.05, 4.69) is 38.7 Å². The first kappa shape index (κ1) is 21.0. The van der Waals surface area contributed by atoms with Crippen LogP contribution in [0.15, 0.2) is 59.3 Å². The summed E-state index contributed by atoms with van der Waals surface area (Å²) in [5.41, 5.74) is 3.86. The lowest BCUT2D eigenvalue weighted by molar-refractivity contribution is 0.0920. The first-order valence-electron chi connectivity index (χ1n) is 10.5. The molecule has 160 valence electrons. The SMILES string of the molecule is CC1(C)CCC(C)(C)c2cc(C(=O)COc3ccc(C(=O)c4ncco4)cc3)ccc21. The van der Waals surface area contributed by atoms with E-state index < -0.39 is 0 Å². The predicted molar refractivity (Wildman–Crippen MR) is 118 cm³/mol. The highest BCUT2D eigenvalue weighted by molar-refractivity contribution is 6.05. The Morgan fingerprint density at radius 1 is 0.935 bits per heavy atom. The summed E-state index contributed by atoms with van der Waals surface area (Å²) in [6.45, 7) is 8.96. The maximum atomic E-state index is 12.8. The van der Waals surface area contributed by atoms with Crippen molar-refractivity contribution in [2.24, 2.45) is 0 Å². The summed E-state index contributed by atoms with van der Waals surface area (Å²) in [6, 6.07) is 12.7. The third-order valence-corrected chi connectivity index (χ3v) is 6.29. The number of benzene rings is 2. The molecule has 0 radical (unpaired) electrons. The Hall–Kier alpha value is -3.21. The highest BCUT2D eigenvalue weighted by Crippen LogP contribution is 2.45. The Morgan fingerprint density at radius 3 is 2.23 bits per heavy atom. The van der Waals surface area contributed by atoms with Crippen molar-refractivity contribution >= 4 is 11.6 Å². The number of rotatable bonds is 6. The van der Waals surface area contributed by atoms with Crippen LogP contribution in [0.3, 0.4) is 0 Å². The van der Waals surface area contributed by atoms with Crippen molar-refractivity contribution in [1.29, 1.82) is 0 Å². The zero-order valence-corrected chi connectivity index (χ0v) is 18.4. The van der Waals surface area contributed by atoms with Crippen molar-refractivity contribution in [1.82, 2.24) is 4.98 Å². The normalized spacial score (nSPS) is 16.4. The van der Waals surface area contributed by atoms with Gasteiger partial charge in [0.05, 0.1) is 6.20 Å². The first-order chi connectivity index (χ1) is 14.7. The monoisotopic (exact) mass is 417 g/mol. The number of Topliss-reactive ketones (excluding diaryl/α,β-unsaturated/α-hetero) is 1. The maximum Gasteiger partial charge on any atom is 0.268 e. The van der Waals surface area contributed by atoms with Gasteiger partial charge in [-0.3, -0.25) is 9.59 Å². The zero-order valence-electron chi connectivity index (χ0n) is 18.4. The average Bonchev–Trinajstić information content (AvgIpc) is 3.30. The molecule has 0 N–H and O–H groups in total. The number of oxazole rings is 1. The minimum Gasteiger partial charge on any atom is -0.485 e. The van der Waals surface area contributed by atoms with Crippen LogP contribution in [0.1, 0.15) is 78.3 Å². The van der Waals surface area contributed by atoms with Gasteiger partial charge in [-0.1, -0.05) is 39.8 Å². The number of ether oxygens (including phenoxy) is 1. The molecule has 0 bridgehead atoms. The van der Waals surface area contributed by atoms with Crippen LogP contribution in [0.4, 0.5) is 0 Å². The molecule has 1 aromatic heterocycles. The Balaban J connectivity index is 1.45. The van der Waals surface area contributed by atoms with Gasteiger partial charge >= 0.3 is 0 Å². The molecule has 1 heterocycles. The Labute approximate surface area is 182 Å². The molecule has 0 fully saturated rings. The summed E-state index contributed by atoms with van der Waals surface area (Å²) in [7, 11) is 0. The van der Waals surface area contributed by atoms with Crippen molar-refractivity contribution in [3.8, 4) is 5.75 Å². The molecule has 5 nitrogen and oxygen atoms in total. The molecule has 3 aromatic rings. The molecule has 0 aliphatic heterocycles. The van der Waals surface area contributed by atoms with Crippen molar-refractivity contribution in [3.63, 3.8) is 0 Å². The van der Waals surface area contributed by atoms with Gasteiger partial charge in [0.2, 0.25) is 5.78 Å². The molecule has 2 aromatic carbocycles. The number of hydrogen-bond acceptors (Lipinski definition) is 5. The largest absolute Gasteiger partial charge is 0.485 e. The van der Waals surface area contributed by atoms with Crippen molar-refractivity contribution in [2.45, 2.75) is 51.4 Å². The molecule has 0 saturated heterocycles. The van der Waals surface area contributed by atoms with Gasteiger partial charge in [-0.15, -0.1) is 0 Å². The fourth-order valence-corrected chi connectivity index (χ4v) is 4.16. The second-order valence-corrected chi connectivity index (χ2v) is 9.43. The van der Waals surface area contributed by atoms with Gasteiger partial charge in [0, 0.05) is 11.1 Å². The highest BCUT2D eigenvalue weighted by atomic mass is 16.5. The van der Waals surface area contributed by atoms with E-state index in [9.17, 15) is 9.59 Å². The van der Waals surface area contributed by atoms with E-state index in [0.29, 0.717) is 16.9 Å². The molecule has 0 amide bonds. The van der Waals surface area contributed by atoms with Gasteiger partial charge in [0.25, 0.3) is 5.89 Å². The quantitative estimate of drug-likeness (QED) is 0.494. The molecule has 0 spiro atoms. The van der Waals surface area contributed by atoms with Gasteiger partial charge < -0.3 is 9.15 Å². The second kappa shape index (κ2) is 7.80. The van der Waals surface area contributed by atoms with Gasteiger partial charge in [0.1, 0.15) is 12.0 Å². The van der Waals surface area contributed by atoms with E-state index in [0.717, 1.165) is 12.8 Å². The van der Waals surface area contributed by atoms with Gasteiger partial charge in [-0.05, 0) is 65.1 Å². The van der Waals surface area contributed by atoms with Gasteiger partial charge in [-0.25, -0.2) is 4.98 Å². The number of nitrogens with zero attached hydrogens (tertiary/aromatic N) is 1. The van der Waals surface area contributed by atoms with Crippen LogP contribution in [0.25, 0.3) is 0 Å². The van der Waals surface area contributed by atoms with E-state index in [1.807, 2.05) is 12.1 Å². The fourth-order valence-electron chi connectivity index (χ4n) is 4.16. The molecule has 1 aliphatic rings. The van der Waals surface area contributed by atoms with Crippen LogP contribution < -0.4 is 4.74 Å². The van der Waals surface area contributed by atoms with Crippen LogP contribution in [0.2, 0.25) is 0 Å². The summed E-state index contributed by atoms with van der Waals surface area (Å²) < 4.78 is 10.7. The number of hydrogen-bond donors (Lipinski definition) is 0. The molecular weight excluding hydrogens is 390 g/mol. The third kappa shape index (κ3) is 4.18. The van der Waals surface area contributed by atoms with Gasteiger partial charge in [0.15, 0.2) is 12.4 Å². The number of aromatic nitrogens is 1. The van der Waals surface area contributed by atoms with Crippen LogP contribution in [0, 0.1) is 0 Å². The smallest absolute Gasteiger partial charge is 0.268 e. The molecule has 1 aliphatic carbocycles. The Bertz CT molecular complexity index is 1110. The van der Waals surface area contributed by atoms with Crippen molar-refractivity contribution in [2.75, 3.05) is 6.61 Å². The molecule has 0 atom stereocenters. The van der Waals surface area contributed by atoms with Crippen molar-refractivity contribution < 1.29 is 18.7 Å². The summed E-state index contributed by atoms with van der Waals surface area (Å²) in [5.74, 6) is 0.202. The molecule has 4 rings (SSSR count). The van der Waals surface area contributed by atoms with Crippen LogP contribution in [-0.4, -0.2) is 23.2 Å². The Morgan fingerprint density at radius 2 is 1.58 bits per heavy atom. The van der Waals surface area contributed by atoms with Crippen LogP contribution >= 0.6 is 0 Å². The summed E-state index contributed by atoms with van der Waals surface area (Å²) in [5, 5.41) is 0. The maximum absolute atomic E-state index is 12.8. The molecular formula is C26H27NO4. The number of carbonyl (C=O) groups excluding carboxylic acids is 2. The number of carbonyl (C=O) groups is 2. The second-order valence-electron chi connectivity index (χ2n) is 9.43. The molecule has 5 heteroatoms. The third-order valence-electron chi connectivity index (χ3n) is 6.29. The van der Waals surface area contributed by atoms with Crippen molar-refractivity contribution in [3.05, 3.63) is 83.1 Å². The van der Waals surface area contributed by atoms with E-state index in [1.165, 1.54) is 23.6 Å². The fraction of sp³-hybridized carbons (Fsp3) is 0.346. The van der Waals surface area contributed by atoms with E-state index in [-0.39, 0.29) is 34.9 Å². The summed E-state index contributed by atoms with van der Waals surface area (Å²) in [4.78, 5) is 28.9. The minimum absolute atomic E-state index is 0.0438. The van der Waals surface area contributed by atoms with Crippen LogP contribution in [-0.2, 0) is 10.8 Å². The number of ketones is 2. The summed E-state index contributed by atoms with van der Waals surface area (Å²) >= 11 is 0. The standard InChI is InChI=1S/C26H27NO4/c1-25(2)11-12-26(3,4)21-15-18(7-10-20(21)25)22(28)16-31-19-8-5-17(6-9-19)23(29)24-27-13-14-30-24/h5-10,13-15H,11-12,16H2,1-4H3. The zero-order chi connectivity index (χ0) is 22.2. The minimum atomic E-state index is -0.299. The summed E-state index contributed by atoms with van der Waals surface area (Å²) in [6.07, 6.45) is 5.02. The topological polar surface area (TPSA) is 69.4 Å². The van der Waals surface area contributed by atoms with Gasteiger partial charge in [-0.2, -0.15) is 0 Å². The van der Waals surface area contributed by atoms with E-state index in [1.54, 1.807) is 24.3 Å². The lowest BCUT2D eigenvalue weighted by Gasteiger charge is -2.42. The predicted octanol–water partition coefficient (Wildman–Crippen LogP) is 5.52. The highest BCUT2D eigenvalue weighted by Gasteiger charge is 2.37. The molecule has 0 saturated carbocycles. The van der Waals surface area contributed by atoms with E-state index in [4.69, 9.17) is 9.15 Å². The first-order valence-corrected chi connectivity index (χ1v) is 10.5. The average molecular weight is 418 g/mol.